The zero-order valence-electron chi connectivity index (χ0n) is 9.87. The molecule has 0 unspecified atom stereocenters. The Bertz CT molecular complexity index is 717. The van der Waals surface area contributed by atoms with Gasteiger partial charge in [0.2, 0.25) is 0 Å². The van der Waals surface area contributed by atoms with Crippen LogP contribution in [0.4, 0.5) is 0 Å². The molecule has 0 aliphatic heterocycles. The predicted molar refractivity (Wildman–Crippen MR) is 73.8 cm³/mol. The summed E-state index contributed by atoms with van der Waals surface area (Å²) in [6.45, 7) is 0. The Morgan fingerprint density at radius 1 is 1.21 bits per heavy atom. The van der Waals surface area contributed by atoms with Gasteiger partial charge in [-0.15, -0.1) is 0 Å². The van der Waals surface area contributed by atoms with Gasteiger partial charge < -0.3 is 10.2 Å². The molecule has 0 saturated carbocycles. The summed E-state index contributed by atoms with van der Waals surface area (Å²) in [5, 5.41) is 0. The summed E-state index contributed by atoms with van der Waals surface area (Å²) < 4.78 is 9.21. The minimum Gasteiger partial charge on any atom is -0.459 e. The van der Waals surface area contributed by atoms with Crippen LogP contribution in [0, 0.1) is 0 Å². The highest BCUT2D eigenvalue weighted by molar-refractivity contribution is 7.09. The van der Waals surface area contributed by atoms with Gasteiger partial charge in [-0.3, -0.25) is 4.79 Å². The highest BCUT2D eigenvalue weighted by Crippen LogP contribution is 2.30. The van der Waals surface area contributed by atoms with Crippen molar-refractivity contribution in [3.05, 3.63) is 54.6 Å². The van der Waals surface area contributed by atoms with Gasteiger partial charge in [0.25, 0.3) is 5.91 Å². The van der Waals surface area contributed by atoms with E-state index in [9.17, 15) is 4.79 Å². The molecule has 3 rings (SSSR count). The lowest BCUT2D eigenvalue weighted by molar-refractivity contribution is 0.0975. The van der Waals surface area contributed by atoms with Crippen LogP contribution in [-0.2, 0) is 0 Å². The Morgan fingerprint density at radius 3 is 2.79 bits per heavy atom. The molecule has 0 atom stereocenters. The van der Waals surface area contributed by atoms with Gasteiger partial charge in [-0.05, 0) is 40.9 Å². The smallest absolute Gasteiger partial charge is 0.285 e. The first-order valence-electron chi connectivity index (χ1n) is 5.64. The second kappa shape index (κ2) is 4.70. The number of furan rings is 1. The van der Waals surface area contributed by atoms with Crippen LogP contribution in [0.2, 0.25) is 0 Å². The Balaban J connectivity index is 2.09. The number of nitrogens with two attached hydrogens (primary N) is 1. The Hall–Kier alpha value is -2.40. The molecule has 0 aliphatic carbocycles. The van der Waals surface area contributed by atoms with Crippen LogP contribution in [0.5, 0.6) is 0 Å². The van der Waals surface area contributed by atoms with Crippen molar-refractivity contribution in [3.63, 3.8) is 0 Å². The van der Waals surface area contributed by atoms with E-state index in [1.54, 1.807) is 12.3 Å². The normalized spacial score (nSPS) is 10.5. The first-order chi connectivity index (χ1) is 9.25. The quantitative estimate of drug-likeness (QED) is 0.794. The minimum atomic E-state index is -0.566. The van der Waals surface area contributed by atoms with E-state index in [0.717, 1.165) is 16.0 Å². The van der Waals surface area contributed by atoms with Gasteiger partial charge in [-0.2, -0.15) is 0 Å². The van der Waals surface area contributed by atoms with Crippen LogP contribution in [-0.4, -0.2) is 10.3 Å². The zero-order valence-corrected chi connectivity index (χ0v) is 10.7. The number of carbonyl (C=O) groups is 1. The molecule has 94 valence electrons. The minimum absolute atomic E-state index is 0.182. The van der Waals surface area contributed by atoms with E-state index in [2.05, 4.69) is 4.37 Å². The zero-order chi connectivity index (χ0) is 13.2. The van der Waals surface area contributed by atoms with E-state index in [1.165, 1.54) is 17.8 Å². The lowest BCUT2D eigenvalue weighted by Crippen LogP contribution is -2.10. The molecule has 2 N–H and O–H groups in total. The first kappa shape index (κ1) is 11.7. The van der Waals surface area contributed by atoms with E-state index in [1.807, 2.05) is 30.3 Å². The van der Waals surface area contributed by atoms with Crippen molar-refractivity contribution in [3.8, 4) is 21.6 Å². The summed E-state index contributed by atoms with van der Waals surface area (Å²) >= 11 is 1.43. The molecule has 5 heteroatoms. The SMILES string of the molecule is NC(=O)c1occc1-c1cccc(-c2ccns2)c1. The standard InChI is InChI=1S/C14H10N2O2S/c15-14(17)13-11(5-7-18-13)9-2-1-3-10(8-9)12-4-6-16-19-12/h1-8H,(H2,15,17). The number of nitrogens with zero attached hydrogens (tertiary/aromatic N) is 1. The fraction of sp³-hybridized carbons (Fsp3) is 0. The lowest BCUT2D eigenvalue weighted by Gasteiger charge is -2.03. The summed E-state index contributed by atoms with van der Waals surface area (Å²) in [4.78, 5) is 12.4. The Labute approximate surface area is 113 Å². The van der Waals surface area contributed by atoms with Crippen LogP contribution in [0.1, 0.15) is 10.6 Å². The van der Waals surface area contributed by atoms with E-state index >= 15 is 0 Å². The van der Waals surface area contributed by atoms with Crippen molar-refractivity contribution in [2.45, 2.75) is 0 Å². The molecule has 1 amide bonds. The maximum atomic E-state index is 11.3. The van der Waals surface area contributed by atoms with Gasteiger partial charge >= 0.3 is 0 Å². The van der Waals surface area contributed by atoms with Gasteiger partial charge in [0.1, 0.15) is 0 Å². The van der Waals surface area contributed by atoms with E-state index < -0.39 is 5.91 Å². The Morgan fingerprint density at radius 2 is 2.05 bits per heavy atom. The third-order valence-corrected chi connectivity index (χ3v) is 3.58. The molecule has 0 spiro atoms. The molecule has 0 radical (unpaired) electrons. The van der Waals surface area contributed by atoms with Crippen molar-refractivity contribution in [2.24, 2.45) is 5.73 Å². The van der Waals surface area contributed by atoms with Crippen molar-refractivity contribution < 1.29 is 9.21 Å². The number of hydrogen-bond acceptors (Lipinski definition) is 4. The topological polar surface area (TPSA) is 69.1 Å². The number of amides is 1. The molecular weight excluding hydrogens is 260 g/mol. The third kappa shape index (κ3) is 2.15. The summed E-state index contributed by atoms with van der Waals surface area (Å²) in [7, 11) is 0. The van der Waals surface area contributed by atoms with Crippen molar-refractivity contribution in [1.29, 1.82) is 0 Å². The maximum Gasteiger partial charge on any atom is 0.285 e. The fourth-order valence-electron chi connectivity index (χ4n) is 1.93. The summed E-state index contributed by atoms with van der Waals surface area (Å²) in [6.07, 6.45) is 3.23. The lowest BCUT2D eigenvalue weighted by atomic mass is 10.0. The number of carbonyl (C=O) groups excluding carboxylic acids is 1. The number of hydrogen-bond donors (Lipinski definition) is 1. The molecule has 1 aromatic carbocycles. The molecule has 0 saturated heterocycles. The number of primary amides is 1. The van der Waals surface area contributed by atoms with Crippen LogP contribution >= 0.6 is 11.5 Å². The first-order valence-corrected chi connectivity index (χ1v) is 6.42. The molecule has 4 nitrogen and oxygen atoms in total. The molecule has 2 heterocycles. The van der Waals surface area contributed by atoms with Gasteiger partial charge in [-0.1, -0.05) is 18.2 Å². The maximum absolute atomic E-state index is 11.3. The average Bonchev–Trinajstić information content (AvgIpc) is 3.10. The summed E-state index contributed by atoms with van der Waals surface area (Å²) in [6, 6.07) is 11.5. The number of aromatic nitrogens is 1. The highest BCUT2D eigenvalue weighted by Gasteiger charge is 2.14. The van der Waals surface area contributed by atoms with Crippen LogP contribution in [0.15, 0.2) is 53.3 Å². The van der Waals surface area contributed by atoms with Crippen LogP contribution in [0.3, 0.4) is 0 Å². The molecular formula is C14H10N2O2S. The van der Waals surface area contributed by atoms with E-state index in [0.29, 0.717) is 5.56 Å². The monoisotopic (exact) mass is 270 g/mol. The number of benzene rings is 1. The largest absolute Gasteiger partial charge is 0.459 e. The molecule has 0 aliphatic rings. The van der Waals surface area contributed by atoms with Gasteiger partial charge in [0, 0.05) is 11.8 Å². The summed E-state index contributed by atoms with van der Waals surface area (Å²) in [5.41, 5.74) is 7.94. The molecule has 2 aromatic heterocycles. The second-order valence-electron chi connectivity index (χ2n) is 3.99. The van der Waals surface area contributed by atoms with Crippen molar-refractivity contribution >= 4 is 17.4 Å². The average molecular weight is 270 g/mol. The summed E-state index contributed by atoms with van der Waals surface area (Å²) in [5.74, 6) is -0.385. The van der Waals surface area contributed by atoms with Crippen LogP contribution in [0.25, 0.3) is 21.6 Å². The predicted octanol–water partition coefficient (Wildman–Crippen LogP) is 3.17. The molecule has 19 heavy (non-hydrogen) atoms. The Kier molecular flexibility index (Phi) is 2.89. The van der Waals surface area contributed by atoms with E-state index in [-0.39, 0.29) is 5.76 Å². The second-order valence-corrected chi connectivity index (χ2v) is 4.82. The number of rotatable bonds is 3. The van der Waals surface area contributed by atoms with E-state index in [4.69, 9.17) is 10.2 Å². The molecule has 0 bridgehead atoms. The van der Waals surface area contributed by atoms with Crippen molar-refractivity contribution in [1.82, 2.24) is 4.37 Å². The van der Waals surface area contributed by atoms with Crippen LogP contribution < -0.4 is 5.73 Å². The third-order valence-electron chi connectivity index (χ3n) is 2.78. The highest BCUT2D eigenvalue weighted by atomic mass is 32.1. The van der Waals surface area contributed by atoms with Crippen molar-refractivity contribution in [2.75, 3.05) is 0 Å². The van der Waals surface area contributed by atoms with Gasteiger partial charge in [0.15, 0.2) is 5.76 Å². The fourth-order valence-corrected chi connectivity index (χ4v) is 2.52. The van der Waals surface area contributed by atoms with Gasteiger partial charge in [-0.25, -0.2) is 4.37 Å². The molecule has 3 aromatic rings. The molecule has 0 fully saturated rings. The van der Waals surface area contributed by atoms with Gasteiger partial charge in [0.05, 0.1) is 11.1 Å².